The van der Waals surface area contributed by atoms with E-state index in [9.17, 15) is 0 Å². The SMILES string of the molecule is Clc1ccc(-c2cc3ccccc3c3cnccc23)cc1.[NaH]. The average Bonchev–Trinajstić information content (AvgIpc) is 2.55. The molecule has 0 atom stereocenters. The normalized spacial score (nSPS) is 10.6. The Bertz CT molecular complexity index is 948. The Balaban J connectivity index is 0.00000144. The van der Waals surface area contributed by atoms with E-state index in [1.165, 1.54) is 32.7 Å². The maximum absolute atomic E-state index is 6.00. The molecule has 3 aromatic carbocycles. The molecule has 0 aliphatic rings. The topological polar surface area (TPSA) is 12.9 Å². The van der Waals surface area contributed by atoms with Crippen LogP contribution in [0.3, 0.4) is 0 Å². The molecule has 0 spiro atoms. The molecule has 0 saturated carbocycles. The van der Waals surface area contributed by atoms with E-state index in [1.54, 1.807) is 0 Å². The van der Waals surface area contributed by atoms with Gasteiger partial charge in [0.1, 0.15) is 0 Å². The summed E-state index contributed by atoms with van der Waals surface area (Å²) < 4.78 is 0. The minimum absolute atomic E-state index is 0. The molecule has 3 heteroatoms. The maximum atomic E-state index is 6.00. The van der Waals surface area contributed by atoms with Gasteiger partial charge in [-0.15, -0.1) is 0 Å². The second kappa shape index (κ2) is 6.39. The Labute approximate surface area is 156 Å². The van der Waals surface area contributed by atoms with Crippen LogP contribution in [-0.2, 0) is 0 Å². The third-order valence-electron chi connectivity index (χ3n) is 3.82. The quantitative estimate of drug-likeness (QED) is 0.353. The predicted octanol–water partition coefficient (Wildman–Crippen LogP) is 5.06. The van der Waals surface area contributed by atoms with E-state index in [1.807, 2.05) is 24.5 Å². The molecule has 0 aliphatic heterocycles. The van der Waals surface area contributed by atoms with E-state index in [4.69, 9.17) is 11.6 Å². The number of hydrogen-bond acceptors (Lipinski definition) is 1. The Kier molecular flexibility index (Phi) is 4.51. The number of aromatic nitrogens is 1. The van der Waals surface area contributed by atoms with Crippen molar-refractivity contribution in [3.63, 3.8) is 0 Å². The van der Waals surface area contributed by atoms with Gasteiger partial charge in [-0.3, -0.25) is 4.98 Å². The van der Waals surface area contributed by atoms with Crippen LogP contribution in [-0.4, -0.2) is 34.5 Å². The average molecular weight is 314 g/mol. The van der Waals surface area contributed by atoms with Gasteiger partial charge in [-0.25, -0.2) is 0 Å². The van der Waals surface area contributed by atoms with Gasteiger partial charge in [-0.05, 0) is 51.6 Å². The summed E-state index contributed by atoms with van der Waals surface area (Å²) in [5, 5.41) is 5.61. The fourth-order valence-corrected chi connectivity index (χ4v) is 2.94. The van der Waals surface area contributed by atoms with Crippen molar-refractivity contribution in [2.75, 3.05) is 0 Å². The fraction of sp³-hybridized carbons (Fsp3) is 0. The van der Waals surface area contributed by atoms with Crippen molar-refractivity contribution >= 4 is 62.7 Å². The molecule has 1 heterocycles. The second-order valence-corrected chi connectivity index (χ2v) is 5.51. The van der Waals surface area contributed by atoms with Gasteiger partial charge < -0.3 is 0 Å². The van der Waals surface area contributed by atoms with Gasteiger partial charge in [-0.2, -0.15) is 0 Å². The first-order valence-electron chi connectivity index (χ1n) is 6.84. The first kappa shape index (κ1) is 15.5. The summed E-state index contributed by atoms with van der Waals surface area (Å²) in [7, 11) is 0. The Morgan fingerprint density at radius 1 is 0.773 bits per heavy atom. The van der Waals surface area contributed by atoms with Crippen LogP contribution >= 0.6 is 11.6 Å². The summed E-state index contributed by atoms with van der Waals surface area (Å²) in [6.45, 7) is 0. The summed E-state index contributed by atoms with van der Waals surface area (Å²) in [6.07, 6.45) is 3.79. The standard InChI is InChI=1S/C19H12ClN.Na.H/c20-15-7-5-13(6-8-15)18-11-14-3-1-2-4-16(14)19-12-21-10-9-17(18)19;;/h1-12H;;. The van der Waals surface area contributed by atoms with Crippen molar-refractivity contribution < 1.29 is 0 Å². The molecule has 0 radical (unpaired) electrons. The number of fused-ring (bicyclic) bond motifs is 3. The molecule has 0 fully saturated rings. The third-order valence-corrected chi connectivity index (χ3v) is 4.07. The fourth-order valence-electron chi connectivity index (χ4n) is 2.81. The van der Waals surface area contributed by atoms with Gasteiger partial charge in [-0.1, -0.05) is 48.0 Å². The molecular formula is C19H13ClNNa. The first-order valence-corrected chi connectivity index (χ1v) is 7.22. The summed E-state index contributed by atoms with van der Waals surface area (Å²) >= 11 is 6.00. The molecule has 0 amide bonds. The van der Waals surface area contributed by atoms with Gasteiger partial charge in [0, 0.05) is 22.8 Å². The van der Waals surface area contributed by atoms with E-state index < -0.39 is 0 Å². The zero-order valence-corrected chi connectivity index (χ0v) is 12.0. The van der Waals surface area contributed by atoms with Gasteiger partial charge in [0.05, 0.1) is 0 Å². The van der Waals surface area contributed by atoms with Gasteiger partial charge in [0.2, 0.25) is 0 Å². The number of halogens is 1. The van der Waals surface area contributed by atoms with Crippen molar-refractivity contribution in [2.45, 2.75) is 0 Å². The van der Waals surface area contributed by atoms with E-state index in [2.05, 4.69) is 53.5 Å². The van der Waals surface area contributed by atoms with Crippen molar-refractivity contribution in [2.24, 2.45) is 0 Å². The molecule has 4 rings (SSSR count). The monoisotopic (exact) mass is 313 g/mol. The van der Waals surface area contributed by atoms with Crippen molar-refractivity contribution in [3.05, 3.63) is 78.1 Å². The van der Waals surface area contributed by atoms with Crippen LogP contribution in [0.5, 0.6) is 0 Å². The van der Waals surface area contributed by atoms with Gasteiger partial charge in [0.25, 0.3) is 0 Å². The number of hydrogen-bond donors (Lipinski definition) is 0. The summed E-state index contributed by atoms with van der Waals surface area (Å²) in [5.74, 6) is 0. The summed E-state index contributed by atoms with van der Waals surface area (Å²) in [5.41, 5.74) is 2.38. The molecular weight excluding hydrogens is 301 g/mol. The van der Waals surface area contributed by atoms with Crippen LogP contribution in [0.1, 0.15) is 0 Å². The van der Waals surface area contributed by atoms with Crippen molar-refractivity contribution in [1.82, 2.24) is 4.98 Å². The molecule has 0 N–H and O–H groups in total. The van der Waals surface area contributed by atoms with E-state index in [-0.39, 0.29) is 29.6 Å². The van der Waals surface area contributed by atoms with E-state index >= 15 is 0 Å². The van der Waals surface area contributed by atoms with Crippen LogP contribution in [0.4, 0.5) is 0 Å². The van der Waals surface area contributed by atoms with Crippen molar-refractivity contribution in [3.8, 4) is 11.1 Å². The third kappa shape index (κ3) is 2.66. The molecule has 0 aliphatic carbocycles. The van der Waals surface area contributed by atoms with Gasteiger partial charge >= 0.3 is 29.6 Å². The molecule has 1 nitrogen and oxygen atoms in total. The first-order chi connectivity index (χ1) is 10.3. The number of pyridine rings is 1. The van der Waals surface area contributed by atoms with Crippen LogP contribution in [0.15, 0.2) is 73.1 Å². The zero-order valence-electron chi connectivity index (χ0n) is 11.3. The molecule has 0 saturated heterocycles. The Morgan fingerprint density at radius 3 is 2.36 bits per heavy atom. The van der Waals surface area contributed by atoms with Crippen LogP contribution in [0, 0.1) is 0 Å². The number of rotatable bonds is 1. The van der Waals surface area contributed by atoms with Crippen LogP contribution in [0.2, 0.25) is 5.02 Å². The number of benzene rings is 3. The van der Waals surface area contributed by atoms with Crippen LogP contribution < -0.4 is 0 Å². The molecule has 102 valence electrons. The molecule has 0 bridgehead atoms. The minimum atomic E-state index is 0. The Morgan fingerprint density at radius 2 is 1.55 bits per heavy atom. The second-order valence-electron chi connectivity index (χ2n) is 5.07. The predicted molar refractivity (Wildman–Crippen MR) is 96.8 cm³/mol. The molecule has 1 aromatic heterocycles. The zero-order chi connectivity index (χ0) is 14.2. The van der Waals surface area contributed by atoms with E-state index in [0.717, 1.165) is 5.02 Å². The molecule has 22 heavy (non-hydrogen) atoms. The van der Waals surface area contributed by atoms with Gasteiger partial charge in [0.15, 0.2) is 0 Å². The molecule has 4 aromatic rings. The van der Waals surface area contributed by atoms with Crippen molar-refractivity contribution in [1.29, 1.82) is 0 Å². The van der Waals surface area contributed by atoms with E-state index in [0.29, 0.717) is 0 Å². The Hall–Kier alpha value is -1.38. The van der Waals surface area contributed by atoms with Crippen LogP contribution in [0.25, 0.3) is 32.7 Å². The summed E-state index contributed by atoms with van der Waals surface area (Å²) in [6, 6.07) is 20.7. The molecule has 0 unspecified atom stereocenters. The number of nitrogens with zero attached hydrogens (tertiary/aromatic N) is 1. The summed E-state index contributed by atoms with van der Waals surface area (Å²) in [4.78, 5) is 4.29.